The van der Waals surface area contributed by atoms with Crippen LogP contribution in [0, 0.1) is 16.7 Å². The molecule has 0 saturated heterocycles. The lowest BCUT2D eigenvalue weighted by atomic mass is 9.68. The Balaban J connectivity index is 2.16. The molecule has 1 amide bonds. The SMILES string of the molecule is N#Cc1ccccc1NC(=O)C1(CO)CCC1. The summed E-state index contributed by atoms with van der Waals surface area (Å²) < 4.78 is 0. The number of para-hydroxylation sites is 1. The monoisotopic (exact) mass is 230 g/mol. The van der Waals surface area contributed by atoms with Gasteiger partial charge in [-0.05, 0) is 25.0 Å². The van der Waals surface area contributed by atoms with E-state index >= 15 is 0 Å². The molecule has 1 aliphatic carbocycles. The molecule has 0 heterocycles. The molecule has 0 radical (unpaired) electrons. The van der Waals surface area contributed by atoms with Crippen LogP contribution in [0.4, 0.5) is 5.69 Å². The Kier molecular flexibility index (Phi) is 3.12. The quantitative estimate of drug-likeness (QED) is 0.829. The molecule has 4 nitrogen and oxygen atoms in total. The summed E-state index contributed by atoms with van der Waals surface area (Å²) in [5.74, 6) is -0.186. The zero-order valence-corrected chi connectivity index (χ0v) is 9.44. The van der Waals surface area contributed by atoms with Crippen molar-refractivity contribution < 1.29 is 9.90 Å². The molecular formula is C13H14N2O2. The van der Waals surface area contributed by atoms with E-state index in [-0.39, 0.29) is 12.5 Å². The van der Waals surface area contributed by atoms with Crippen LogP contribution in [0.5, 0.6) is 0 Å². The minimum Gasteiger partial charge on any atom is -0.395 e. The number of benzene rings is 1. The lowest BCUT2D eigenvalue weighted by Gasteiger charge is -2.38. The van der Waals surface area contributed by atoms with Crippen molar-refractivity contribution in [1.29, 1.82) is 5.26 Å². The van der Waals surface area contributed by atoms with Crippen LogP contribution in [0.1, 0.15) is 24.8 Å². The fraction of sp³-hybridized carbons (Fsp3) is 0.385. The summed E-state index contributed by atoms with van der Waals surface area (Å²) in [6.07, 6.45) is 2.39. The number of nitriles is 1. The normalized spacial score (nSPS) is 16.7. The largest absolute Gasteiger partial charge is 0.395 e. The molecule has 0 bridgehead atoms. The van der Waals surface area contributed by atoms with Crippen molar-refractivity contribution in [2.24, 2.45) is 5.41 Å². The Hall–Kier alpha value is -1.86. The van der Waals surface area contributed by atoms with Gasteiger partial charge in [-0.3, -0.25) is 4.79 Å². The number of rotatable bonds is 3. The zero-order valence-electron chi connectivity index (χ0n) is 9.44. The van der Waals surface area contributed by atoms with E-state index in [0.29, 0.717) is 24.1 Å². The van der Waals surface area contributed by atoms with Crippen molar-refractivity contribution in [3.63, 3.8) is 0 Å². The molecule has 0 aliphatic heterocycles. The van der Waals surface area contributed by atoms with E-state index in [2.05, 4.69) is 5.32 Å². The summed E-state index contributed by atoms with van der Waals surface area (Å²) in [5.41, 5.74) is 0.315. The van der Waals surface area contributed by atoms with Crippen molar-refractivity contribution in [2.75, 3.05) is 11.9 Å². The average Bonchev–Trinajstić information content (AvgIpc) is 2.29. The second-order valence-corrected chi connectivity index (χ2v) is 4.40. The van der Waals surface area contributed by atoms with E-state index in [4.69, 9.17) is 5.26 Å². The van der Waals surface area contributed by atoms with Gasteiger partial charge in [-0.1, -0.05) is 18.6 Å². The van der Waals surface area contributed by atoms with E-state index in [1.54, 1.807) is 24.3 Å². The Morgan fingerprint density at radius 2 is 2.18 bits per heavy atom. The van der Waals surface area contributed by atoms with Crippen LogP contribution in [0.25, 0.3) is 0 Å². The highest BCUT2D eigenvalue weighted by Gasteiger charge is 2.43. The second-order valence-electron chi connectivity index (χ2n) is 4.40. The molecule has 0 unspecified atom stereocenters. The third-order valence-electron chi connectivity index (χ3n) is 3.39. The predicted molar refractivity (Wildman–Crippen MR) is 63.2 cm³/mol. The summed E-state index contributed by atoms with van der Waals surface area (Å²) in [4.78, 5) is 12.0. The summed E-state index contributed by atoms with van der Waals surface area (Å²) in [7, 11) is 0. The van der Waals surface area contributed by atoms with Crippen LogP contribution in [0.15, 0.2) is 24.3 Å². The summed E-state index contributed by atoms with van der Waals surface area (Å²) in [5, 5.41) is 20.9. The van der Waals surface area contributed by atoms with E-state index in [1.807, 2.05) is 6.07 Å². The van der Waals surface area contributed by atoms with Crippen LogP contribution in [-0.2, 0) is 4.79 Å². The van der Waals surface area contributed by atoms with Crippen LogP contribution >= 0.6 is 0 Å². The molecule has 0 atom stereocenters. The molecule has 1 aromatic rings. The van der Waals surface area contributed by atoms with Gasteiger partial charge in [0.05, 0.1) is 23.3 Å². The molecule has 0 aromatic heterocycles. The molecule has 1 aliphatic rings. The highest BCUT2D eigenvalue weighted by molar-refractivity contribution is 5.97. The van der Waals surface area contributed by atoms with E-state index in [1.165, 1.54) is 0 Å². The molecule has 88 valence electrons. The first-order valence-corrected chi connectivity index (χ1v) is 5.63. The Bertz CT molecular complexity index is 467. The van der Waals surface area contributed by atoms with Gasteiger partial charge in [-0.15, -0.1) is 0 Å². The zero-order chi connectivity index (χ0) is 12.3. The molecule has 17 heavy (non-hydrogen) atoms. The fourth-order valence-corrected chi connectivity index (χ4v) is 2.01. The minimum absolute atomic E-state index is 0.131. The van der Waals surface area contributed by atoms with Crippen LogP contribution in [-0.4, -0.2) is 17.6 Å². The second kappa shape index (κ2) is 4.56. The molecular weight excluding hydrogens is 216 g/mol. The third-order valence-corrected chi connectivity index (χ3v) is 3.39. The molecule has 2 N–H and O–H groups in total. The first-order valence-electron chi connectivity index (χ1n) is 5.63. The van der Waals surface area contributed by atoms with E-state index in [9.17, 15) is 9.90 Å². The maximum absolute atomic E-state index is 12.0. The number of nitrogens with one attached hydrogen (secondary N) is 1. The first kappa shape index (κ1) is 11.6. The maximum atomic E-state index is 12.0. The number of aliphatic hydroxyl groups excluding tert-OH is 1. The average molecular weight is 230 g/mol. The molecule has 2 rings (SSSR count). The number of nitrogens with zero attached hydrogens (tertiary/aromatic N) is 1. The van der Waals surface area contributed by atoms with E-state index in [0.717, 1.165) is 6.42 Å². The minimum atomic E-state index is -0.636. The summed E-state index contributed by atoms with van der Waals surface area (Å²) >= 11 is 0. The number of anilines is 1. The van der Waals surface area contributed by atoms with Gasteiger partial charge in [0.25, 0.3) is 0 Å². The van der Waals surface area contributed by atoms with Gasteiger partial charge in [0.15, 0.2) is 0 Å². The smallest absolute Gasteiger partial charge is 0.232 e. The number of amides is 1. The Labute approximate surface area is 99.9 Å². The van der Waals surface area contributed by atoms with Crippen LogP contribution in [0.3, 0.4) is 0 Å². The summed E-state index contributed by atoms with van der Waals surface area (Å²) in [6.45, 7) is -0.131. The van der Waals surface area contributed by atoms with Gasteiger partial charge in [-0.2, -0.15) is 5.26 Å². The molecule has 1 fully saturated rings. The van der Waals surface area contributed by atoms with Crippen molar-refractivity contribution in [1.82, 2.24) is 0 Å². The highest BCUT2D eigenvalue weighted by atomic mass is 16.3. The predicted octanol–water partition coefficient (Wildman–Crippen LogP) is 1.66. The van der Waals surface area contributed by atoms with Gasteiger partial charge < -0.3 is 10.4 Å². The lowest BCUT2D eigenvalue weighted by Crippen LogP contribution is -2.44. The topological polar surface area (TPSA) is 73.1 Å². The molecule has 1 saturated carbocycles. The van der Waals surface area contributed by atoms with Gasteiger partial charge in [-0.25, -0.2) is 0 Å². The van der Waals surface area contributed by atoms with E-state index < -0.39 is 5.41 Å². The number of hydrogen-bond donors (Lipinski definition) is 2. The lowest BCUT2D eigenvalue weighted by molar-refractivity contribution is -0.133. The van der Waals surface area contributed by atoms with Crippen LogP contribution in [0.2, 0.25) is 0 Å². The van der Waals surface area contributed by atoms with Gasteiger partial charge >= 0.3 is 0 Å². The van der Waals surface area contributed by atoms with Crippen molar-refractivity contribution in [2.45, 2.75) is 19.3 Å². The first-order chi connectivity index (χ1) is 8.22. The fourth-order valence-electron chi connectivity index (χ4n) is 2.01. The maximum Gasteiger partial charge on any atom is 0.232 e. The van der Waals surface area contributed by atoms with Crippen molar-refractivity contribution in [3.05, 3.63) is 29.8 Å². The molecule has 1 aromatic carbocycles. The number of hydrogen-bond acceptors (Lipinski definition) is 3. The Morgan fingerprint density at radius 1 is 1.47 bits per heavy atom. The standard InChI is InChI=1S/C13H14N2O2/c14-8-10-4-1-2-5-11(10)15-12(17)13(9-16)6-3-7-13/h1-2,4-5,16H,3,6-7,9H2,(H,15,17). The molecule has 4 heteroatoms. The number of aliphatic hydroxyl groups is 1. The Morgan fingerprint density at radius 3 is 2.71 bits per heavy atom. The van der Waals surface area contributed by atoms with Gasteiger partial charge in [0.2, 0.25) is 5.91 Å². The van der Waals surface area contributed by atoms with Crippen molar-refractivity contribution >= 4 is 11.6 Å². The number of carbonyl (C=O) groups excluding carboxylic acids is 1. The summed E-state index contributed by atoms with van der Waals surface area (Å²) in [6, 6.07) is 8.89. The highest BCUT2D eigenvalue weighted by Crippen LogP contribution is 2.41. The third kappa shape index (κ3) is 2.02. The number of carbonyl (C=O) groups is 1. The van der Waals surface area contributed by atoms with Gasteiger partial charge in [0.1, 0.15) is 6.07 Å². The van der Waals surface area contributed by atoms with Crippen molar-refractivity contribution in [3.8, 4) is 6.07 Å². The molecule has 0 spiro atoms. The van der Waals surface area contributed by atoms with Gasteiger partial charge in [0, 0.05) is 0 Å². The van der Waals surface area contributed by atoms with Crippen LogP contribution < -0.4 is 5.32 Å².